The number of carbonyl (C=O) groups is 2. The van der Waals surface area contributed by atoms with Crippen LogP contribution in [0.2, 0.25) is 0 Å². The molecule has 2 N–H and O–H groups in total. The highest BCUT2D eigenvalue weighted by molar-refractivity contribution is 5.91. The maximum atomic E-state index is 11.8. The number of rotatable bonds is 10. The first kappa shape index (κ1) is 17.9. The molecule has 0 spiro atoms. The minimum Gasteiger partial charge on any atom is -0.482 e. The first-order chi connectivity index (χ1) is 10.5. The van der Waals surface area contributed by atoms with Crippen molar-refractivity contribution in [3.8, 4) is 5.75 Å². The van der Waals surface area contributed by atoms with E-state index < -0.39 is 12.6 Å². The van der Waals surface area contributed by atoms with Crippen LogP contribution in [-0.4, -0.2) is 50.5 Å². The molecule has 1 aromatic rings. The third kappa shape index (κ3) is 7.05. The zero-order valence-electron chi connectivity index (χ0n) is 12.8. The van der Waals surface area contributed by atoms with E-state index in [-0.39, 0.29) is 12.3 Å². The van der Waals surface area contributed by atoms with Crippen LogP contribution >= 0.6 is 0 Å². The summed E-state index contributed by atoms with van der Waals surface area (Å²) >= 11 is 0. The number of carboxylic acid groups (broad SMARTS) is 1. The summed E-state index contributed by atoms with van der Waals surface area (Å²) in [5.41, 5.74) is 1.45. The number of carbonyl (C=O) groups excluding carboxylic acids is 1. The van der Waals surface area contributed by atoms with Gasteiger partial charge in [-0.2, -0.15) is 0 Å². The van der Waals surface area contributed by atoms with Crippen LogP contribution in [0, 0.1) is 6.92 Å². The second-order valence-corrected chi connectivity index (χ2v) is 4.56. The van der Waals surface area contributed by atoms with E-state index in [1.807, 2.05) is 0 Å². The molecule has 0 aliphatic heterocycles. The Balaban J connectivity index is 2.41. The fourth-order valence-electron chi connectivity index (χ4n) is 1.63. The lowest BCUT2D eigenvalue weighted by Crippen LogP contribution is -2.16. The third-order valence-corrected chi connectivity index (χ3v) is 2.74. The van der Waals surface area contributed by atoms with Crippen LogP contribution in [0.25, 0.3) is 0 Å². The first-order valence-electron chi connectivity index (χ1n) is 6.84. The quantitative estimate of drug-likeness (QED) is 0.635. The van der Waals surface area contributed by atoms with Gasteiger partial charge in [0.25, 0.3) is 0 Å². The highest BCUT2D eigenvalue weighted by Gasteiger charge is 2.07. The number of carboxylic acids is 1. The van der Waals surface area contributed by atoms with Crippen molar-refractivity contribution in [1.82, 2.24) is 0 Å². The van der Waals surface area contributed by atoms with Crippen molar-refractivity contribution < 1.29 is 28.9 Å². The van der Waals surface area contributed by atoms with Crippen molar-refractivity contribution in [1.29, 1.82) is 0 Å². The number of ether oxygens (including phenoxy) is 3. The van der Waals surface area contributed by atoms with E-state index in [1.165, 1.54) is 0 Å². The Kier molecular flexibility index (Phi) is 7.95. The van der Waals surface area contributed by atoms with Crippen LogP contribution in [0.5, 0.6) is 5.75 Å². The Morgan fingerprint density at radius 2 is 2.00 bits per heavy atom. The van der Waals surface area contributed by atoms with Crippen LogP contribution in [0.4, 0.5) is 5.69 Å². The van der Waals surface area contributed by atoms with Crippen LogP contribution in [0.15, 0.2) is 18.2 Å². The van der Waals surface area contributed by atoms with Gasteiger partial charge in [0.1, 0.15) is 5.75 Å². The highest BCUT2D eigenvalue weighted by Crippen LogP contribution is 2.21. The molecule has 0 bridgehead atoms. The molecule has 1 amide bonds. The molecule has 7 heteroatoms. The van der Waals surface area contributed by atoms with Crippen molar-refractivity contribution in [2.24, 2.45) is 0 Å². The van der Waals surface area contributed by atoms with Gasteiger partial charge in [0.2, 0.25) is 5.91 Å². The summed E-state index contributed by atoms with van der Waals surface area (Å²) in [5, 5.41) is 11.3. The number of anilines is 1. The van der Waals surface area contributed by atoms with Crippen LogP contribution < -0.4 is 10.1 Å². The van der Waals surface area contributed by atoms with Crippen LogP contribution in [0.3, 0.4) is 0 Å². The molecule has 0 aromatic heterocycles. The van der Waals surface area contributed by atoms with Gasteiger partial charge in [-0.1, -0.05) is 0 Å². The molecule has 1 rings (SSSR count). The highest BCUT2D eigenvalue weighted by atomic mass is 16.5. The van der Waals surface area contributed by atoms with E-state index in [0.717, 1.165) is 5.56 Å². The Morgan fingerprint density at radius 3 is 2.64 bits per heavy atom. The van der Waals surface area contributed by atoms with Gasteiger partial charge in [0.05, 0.1) is 26.2 Å². The van der Waals surface area contributed by atoms with E-state index in [2.05, 4.69) is 5.32 Å². The minimum absolute atomic E-state index is 0.153. The van der Waals surface area contributed by atoms with Crippen molar-refractivity contribution in [3.63, 3.8) is 0 Å². The number of methoxy groups -OCH3 is 1. The second-order valence-electron chi connectivity index (χ2n) is 4.56. The Labute approximate surface area is 129 Å². The smallest absolute Gasteiger partial charge is 0.341 e. The molecule has 0 saturated heterocycles. The average molecular weight is 311 g/mol. The molecule has 0 radical (unpaired) electrons. The fourth-order valence-corrected chi connectivity index (χ4v) is 1.63. The van der Waals surface area contributed by atoms with Crippen molar-refractivity contribution >= 4 is 17.6 Å². The Morgan fingerprint density at radius 1 is 1.23 bits per heavy atom. The van der Waals surface area contributed by atoms with Gasteiger partial charge in [0, 0.05) is 12.8 Å². The summed E-state index contributed by atoms with van der Waals surface area (Å²) < 4.78 is 15.1. The molecule has 7 nitrogen and oxygen atoms in total. The Hall–Kier alpha value is -2.12. The topological polar surface area (TPSA) is 94.1 Å². The molecule has 0 aliphatic rings. The van der Waals surface area contributed by atoms with E-state index in [0.29, 0.717) is 31.3 Å². The summed E-state index contributed by atoms with van der Waals surface area (Å²) in [6, 6.07) is 4.96. The largest absolute Gasteiger partial charge is 0.482 e. The number of benzene rings is 1. The van der Waals surface area contributed by atoms with Gasteiger partial charge in [-0.15, -0.1) is 0 Å². The number of amides is 1. The Bertz CT molecular complexity index is 503. The van der Waals surface area contributed by atoms with E-state index in [4.69, 9.17) is 19.3 Å². The van der Waals surface area contributed by atoms with Crippen LogP contribution in [-0.2, 0) is 19.1 Å². The SMILES string of the molecule is COCCOCCC(=O)Nc1ccc(OCC(=O)O)cc1C. The number of aliphatic carboxylic acids is 1. The summed E-state index contributed by atoms with van der Waals surface area (Å²) in [6.45, 7) is 2.69. The molecular formula is C15H21NO6. The number of aryl methyl sites for hydroxylation is 1. The fraction of sp³-hybridized carbons (Fsp3) is 0.467. The van der Waals surface area contributed by atoms with Gasteiger partial charge in [-0.05, 0) is 30.7 Å². The lowest BCUT2D eigenvalue weighted by atomic mass is 10.2. The van der Waals surface area contributed by atoms with Crippen LogP contribution in [0.1, 0.15) is 12.0 Å². The predicted octanol–water partition coefficient (Wildman–Crippen LogP) is 1.45. The van der Waals surface area contributed by atoms with Gasteiger partial charge in [0.15, 0.2) is 6.61 Å². The molecule has 0 aliphatic carbocycles. The normalized spacial score (nSPS) is 10.3. The van der Waals surface area contributed by atoms with Gasteiger partial charge < -0.3 is 24.6 Å². The number of hydrogen-bond donors (Lipinski definition) is 2. The maximum absolute atomic E-state index is 11.8. The average Bonchev–Trinajstić information content (AvgIpc) is 2.47. The molecule has 0 saturated carbocycles. The molecule has 0 heterocycles. The number of hydrogen-bond acceptors (Lipinski definition) is 5. The van der Waals surface area contributed by atoms with Gasteiger partial charge >= 0.3 is 5.97 Å². The van der Waals surface area contributed by atoms with Crippen molar-refractivity contribution in [2.45, 2.75) is 13.3 Å². The lowest BCUT2D eigenvalue weighted by molar-refractivity contribution is -0.139. The zero-order valence-corrected chi connectivity index (χ0v) is 12.8. The predicted molar refractivity (Wildman–Crippen MR) is 80.3 cm³/mol. The minimum atomic E-state index is -1.04. The molecule has 1 aromatic carbocycles. The molecule has 122 valence electrons. The molecule has 0 unspecified atom stereocenters. The molecule has 0 fully saturated rings. The summed E-state index contributed by atoms with van der Waals surface area (Å²) in [5.74, 6) is -0.746. The van der Waals surface area contributed by atoms with Crippen molar-refractivity contribution in [3.05, 3.63) is 23.8 Å². The van der Waals surface area contributed by atoms with Crippen molar-refractivity contribution in [2.75, 3.05) is 38.9 Å². The maximum Gasteiger partial charge on any atom is 0.341 e. The lowest BCUT2D eigenvalue weighted by Gasteiger charge is -2.11. The first-order valence-corrected chi connectivity index (χ1v) is 6.84. The monoisotopic (exact) mass is 311 g/mol. The molecule has 22 heavy (non-hydrogen) atoms. The molecular weight excluding hydrogens is 290 g/mol. The zero-order chi connectivity index (χ0) is 16.4. The van der Waals surface area contributed by atoms with Gasteiger partial charge in [-0.3, -0.25) is 4.79 Å². The summed E-state index contributed by atoms with van der Waals surface area (Å²) in [7, 11) is 1.59. The molecule has 0 atom stereocenters. The van der Waals surface area contributed by atoms with Gasteiger partial charge in [-0.25, -0.2) is 4.79 Å². The number of nitrogens with one attached hydrogen (secondary N) is 1. The third-order valence-electron chi connectivity index (χ3n) is 2.74. The van der Waals surface area contributed by atoms with E-state index in [9.17, 15) is 9.59 Å². The standard InChI is InChI=1S/C15H21NO6/c1-11-9-12(22-10-15(18)19)3-4-13(11)16-14(17)5-6-21-8-7-20-2/h3-4,9H,5-8,10H2,1-2H3,(H,16,17)(H,18,19). The van der Waals surface area contributed by atoms with E-state index >= 15 is 0 Å². The summed E-state index contributed by atoms with van der Waals surface area (Å²) in [4.78, 5) is 22.2. The second kappa shape index (κ2) is 9.75. The van der Waals surface area contributed by atoms with E-state index in [1.54, 1.807) is 32.2 Å². The summed E-state index contributed by atoms with van der Waals surface area (Å²) in [6.07, 6.45) is 0.250.